The van der Waals surface area contributed by atoms with E-state index < -0.39 is 5.24 Å². The highest BCUT2D eigenvalue weighted by Crippen LogP contribution is 2.17. The minimum Gasteiger partial charge on any atom is -0.462 e. The standard InChI is InChI=1S/C26H49ClO3/c1-3-5-7-9-11-13-15-17-19-21-24(23-25(27)28)30-26(29)22-20-18-16-14-12-10-8-6-4-2/h24H,3-23H2,1-2H3. The van der Waals surface area contributed by atoms with Crippen molar-refractivity contribution in [2.24, 2.45) is 0 Å². The summed E-state index contributed by atoms with van der Waals surface area (Å²) in [6.45, 7) is 4.48. The molecule has 178 valence electrons. The second kappa shape index (κ2) is 23.1. The number of ether oxygens (including phenoxy) is 1. The number of carbonyl (C=O) groups is 2. The van der Waals surface area contributed by atoms with Gasteiger partial charge in [-0.15, -0.1) is 0 Å². The highest BCUT2D eigenvalue weighted by molar-refractivity contribution is 6.63. The van der Waals surface area contributed by atoms with Crippen LogP contribution in [-0.4, -0.2) is 17.3 Å². The Morgan fingerprint density at radius 2 is 1.03 bits per heavy atom. The van der Waals surface area contributed by atoms with Gasteiger partial charge in [0.15, 0.2) is 0 Å². The average molecular weight is 445 g/mol. The highest BCUT2D eigenvalue weighted by atomic mass is 35.5. The van der Waals surface area contributed by atoms with E-state index in [4.69, 9.17) is 16.3 Å². The quantitative estimate of drug-likeness (QED) is 0.0896. The molecular weight excluding hydrogens is 396 g/mol. The van der Waals surface area contributed by atoms with Gasteiger partial charge in [0, 0.05) is 6.42 Å². The van der Waals surface area contributed by atoms with Gasteiger partial charge >= 0.3 is 5.97 Å². The van der Waals surface area contributed by atoms with Crippen molar-refractivity contribution in [2.45, 2.75) is 155 Å². The van der Waals surface area contributed by atoms with Gasteiger partial charge in [0.1, 0.15) is 6.10 Å². The zero-order valence-corrected chi connectivity index (χ0v) is 20.8. The smallest absolute Gasteiger partial charge is 0.306 e. The zero-order chi connectivity index (χ0) is 22.3. The van der Waals surface area contributed by atoms with Crippen molar-refractivity contribution in [3.8, 4) is 0 Å². The van der Waals surface area contributed by atoms with Gasteiger partial charge in [-0.3, -0.25) is 9.59 Å². The Balaban J connectivity index is 3.75. The first-order valence-electron chi connectivity index (χ1n) is 13.0. The van der Waals surface area contributed by atoms with Crippen molar-refractivity contribution in [2.75, 3.05) is 0 Å². The summed E-state index contributed by atoms with van der Waals surface area (Å²) >= 11 is 5.56. The fourth-order valence-electron chi connectivity index (χ4n) is 3.89. The van der Waals surface area contributed by atoms with Crippen LogP contribution in [0.3, 0.4) is 0 Å². The molecule has 0 aromatic heterocycles. The molecule has 0 aromatic rings. The van der Waals surface area contributed by atoms with E-state index in [1.807, 2.05) is 0 Å². The van der Waals surface area contributed by atoms with Crippen LogP contribution in [0.4, 0.5) is 0 Å². The van der Waals surface area contributed by atoms with E-state index in [0.717, 1.165) is 32.1 Å². The lowest BCUT2D eigenvalue weighted by molar-refractivity contribution is -0.150. The Labute approximate surface area is 192 Å². The maximum Gasteiger partial charge on any atom is 0.306 e. The Morgan fingerprint density at radius 3 is 1.47 bits per heavy atom. The lowest BCUT2D eigenvalue weighted by atomic mass is 10.0. The number of esters is 1. The Bertz CT molecular complexity index is 398. The summed E-state index contributed by atoms with van der Waals surface area (Å²) in [6, 6.07) is 0. The molecule has 0 aliphatic rings. The third-order valence-electron chi connectivity index (χ3n) is 5.80. The second-order valence-corrected chi connectivity index (χ2v) is 9.29. The SMILES string of the molecule is CCCCCCCCCCCC(=O)OC(CCCCCCCCCCC)CC(=O)Cl. The van der Waals surface area contributed by atoms with E-state index in [1.165, 1.54) is 89.9 Å². The molecule has 0 rings (SSSR count). The van der Waals surface area contributed by atoms with Crippen molar-refractivity contribution < 1.29 is 14.3 Å². The summed E-state index contributed by atoms with van der Waals surface area (Å²) in [6.07, 6.45) is 23.3. The van der Waals surface area contributed by atoms with Crippen LogP contribution in [0, 0.1) is 0 Å². The van der Waals surface area contributed by atoms with E-state index in [2.05, 4.69) is 13.8 Å². The number of unbranched alkanes of at least 4 members (excludes halogenated alkanes) is 16. The predicted octanol–water partition coefficient (Wildman–Crippen LogP) is 8.90. The topological polar surface area (TPSA) is 43.4 Å². The molecule has 0 saturated heterocycles. The minimum absolute atomic E-state index is 0.141. The van der Waals surface area contributed by atoms with Crippen molar-refractivity contribution >= 4 is 22.8 Å². The maximum absolute atomic E-state index is 12.1. The number of carbonyl (C=O) groups excluding carboxylic acids is 2. The molecule has 0 aliphatic carbocycles. The van der Waals surface area contributed by atoms with Crippen LogP contribution in [-0.2, 0) is 14.3 Å². The van der Waals surface area contributed by atoms with Crippen LogP contribution in [0.2, 0.25) is 0 Å². The van der Waals surface area contributed by atoms with Gasteiger partial charge in [0.25, 0.3) is 0 Å². The van der Waals surface area contributed by atoms with E-state index in [-0.39, 0.29) is 18.5 Å². The fourth-order valence-corrected chi connectivity index (χ4v) is 4.06. The van der Waals surface area contributed by atoms with E-state index in [1.54, 1.807) is 0 Å². The lowest BCUT2D eigenvalue weighted by Gasteiger charge is -2.16. The first-order chi connectivity index (χ1) is 14.6. The summed E-state index contributed by atoms with van der Waals surface area (Å²) in [4.78, 5) is 23.4. The number of halogens is 1. The largest absolute Gasteiger partial charge is 0.462 e. The van der Waals surface area contributed by atoms with Crippen molar-refractivity contribution in [3.05, 3.63) is 0 Å². The molecule has 1 unspecified atom stereocenters. The molecule has 0 aliphatic heterocycles. The van der Waals surface area contributed by atoms with E-state index >= 15 is 0 Å². The maximum atomic E-state index is 12.1. The third-order valence-corrected chi connectivity index (χ3v) is 5.95. The molecule has 0 N–H and O–H groups in total. The van der Waals surface area contributed by atoms with Gasteiger partial charge in [0.2, 0.25) is 5.24 Å². The molecule has 30 heavy (non-hydrogen) atoms. The van der Waals surface area contributed by atoms with Crippen LogP contribution in [0.5, 0.6) is 0 Å². The normalized spacial score (nSPS) is 12.1. The average Bonchev–Trinajstić information content (AvgIpc) is 2.70. The highest BCUT2D eigenvalue weighted by Gasteiger charge is 2.17. The molecule has 0 bridgehead atoms. The van der Waals surface area contributed by atoms with Crippen LogP contribution >= 0.6 is 11.6 Å². The summed E-state index contributed by atoms with van der Waals surface area (Å²) in [7, 11) is 0. The number of hydrogen-bond donors (Lipinski definition) is 0. The molecular formula is C26H49ClO3. The first kappa shape index (κ1) is 29.4. The summed E-state index contributed by atoms with van der Waals surface area (Å²) in [5.74, 6) is -0.170. The predicted molar refractivity (Wildman–Crippen MR) is 129 cm³/mol. The van der Waals surface area contributed by atoms with Crippen LogP contribution < -0.4 is 0 Å². The third kappa shape index (κ3) is 22.1. The number of hydrogen-bond acceptors (Lipinski definition) is 3. The number of rotatable bonds is 23. The monoisotopic (exact) mass is 444 g/mol. The Hall–Kier alpha value is -0.570. The van der Waals surface area contributed by atoms with Gasteiger partial charge in [0.05, 0.1) is 6.42 Å². The van der Waals surface area contributed by atoms with Crippen LogP contribution in [0.25, 0.3) is 0 Å². The molecule has 3 nitrogen and oxygen atoms in total. The lowest BCUT2D eigenvalue weighted by Crippen LogP contribution is -2.20. The molecule has 0 spiro atoms. The van der Waals surface area contributed by atoms with Crippen LogP contribution in [0.15, 0.2) is 0 Å². The molecule has 0 aromatic carbocycles. The molecule has 0 amide bonds. The van der Waals surface area contributed by atoms with E-state index in [9.17, 15) is 9.59 Å². The van der Waals surface area contributed by atoms with Crippen LogP contribution in [0.1, 0.15) is 149 Å². The fraction of sp³-hybridized carbons (Fsp3) is 0.923. The molecule has 0 radical (unpaired) electrons. The van der Waals surface area contributed by atoms with Gasteiger partial charge in [-0.2, -0.15) is 0 Å². The summed E-state index contributed by atoms with van der Waals surface area (Å²) < 4.78 is 5.56. The van der Waals surface area contributed by atoms with Crippen molar-refractivity contribution in [1.29, 1.82) is 0 Å². The molecule has 1 atom stereocenters. The minimum atomic E-state index is -0.410. The molecule has 0 heterocycles. The van der Waals surface area contributed by atoms with Gasteiger partial charge < -0.3 is 4.74 Å². The second-order valence-electron chi connectivity index (χ2n) is 8.87. The first-order valence-corrected chi connectivity index (χ1v) is 13.4. The Morgan fingerprint density at radius 1 is 0.633 bits per heavy atom. The Kier molecular flexibility index (Phi) is 22.7. The summed E-state index contributed by atoms with van der Waals surface area (Å²) in [5.41, 5.74) is 0. The van der Waals surface area contributed by atoms with Crippen molar-refractivity contribution in [1.82, 2.24) is 0 Å². The van der Waals surface area contributed by atoms with E-state index in [0.29, 0.717) is 6.42 Å². The molecule has 0 saturated carbocycles. The van der Waals surface area contributed by atoms with Gasteiger partial charge in [-0.05, 0) is 30.9 Å². The molecule has 0 fully saturated rings. The summed E-state index contributed by atoms with van der Waals surface area (Å²) in [5, 5.41) is -0.410. The molecule has 4 heteroatoms. The van der Waals surface area contributed by atoms with Gasteiger partial charge in [-0.25, -0.2) is 0 Å². The zero-order valence-electron chi connectivity index (χ0n) is 20.0. The van der Waals surface area contributed by atoms with Gasteiger partial charge in [-0.1, -0.05) is 117 Å². The van der Waals surface area contributed by atoms with Crippen molar-refractivity contribution in [3.63, 3.8) is 0 Å².